The Hall–Kier alpha value is -0.640. The van der Waals surface area contributed by atoms with Gasteiger partial charge < -0.3 is 23.7 Å². The lowest BCUT2D eigenvalue weighted by Crippen LogP contribution is -2.51. The number of H-pyrrole nitrogens is 1. The van der Waals surface area contributed by atoms with Crippen LogP contribution in [0.1, 0.15) is 39.5 Å². The molecule has 0 amide bonds. The number of fused-ring (bicyclic) bond motifs is 3. The van der Waals surface area contributed by atoms with E-state index in [-0.39, 0.29) is 24.4 Å². The van der Waals surface area contributed by atoms with Crippen LogP contribution in [0.2, 0.25) is 0 Å². The number of nitrogens with one attached hydrogen (secondary N) is 1. The molecule has 128 valence electrons. The lowest BCUT2D eigenvalue weighted by Gasteiger charge is -2.36. The van der Waals surface area contributed by atoms with Gasteiger partial charge in [-0.2, -0.15) is 5.10 Å². The first-order valence-electron chi connectivity index (χ1n) is 7.74. The second-order valence-corrected chi connectivity index (χ2v) is 7.78. The van der Waals surface area contributed by atoms with Gasteiger partial charge in [0.05, 0.1) is 5.69 Å². The van der Waals surface area contributed by atoms with Gasteiger partial charge in [-0.25, -0.2) is 0 Å². The first-order chi connectivity index (χ1) is 10.8. The first kappa shape index (κ1) is 15.9. The van der Waals surface area contributed by atoms with Crippen LogP contribution >= 0.6 is 11.8 Å². The summed E-state index contributed by atoms with van der Waals surface area (Å²) in [5, 5.41) is 8.21. The van der Waals surface area contributed by atoms with Crippen molar-refractivity contribution in [3.63, 3.8) is 0 Å². The summed E-state index contributed by atoms with van der Waals surface area (Å²) < 4.78 is 30.2. The van der Waals surface area contributed by atoms with Gasteiger partial charge in [0.2, 0.25) is 0 Å². The van der Waals surface area contributed by atoms with Gasteiger partial charge in [0.25, 0.3) is 0 Å². The fraction of sp³-hybridized carbons (Fsp3) is 0.800. The number of thioether (sulfide) groups is 1. The molecule has 0 aliphatic carbocycles. The Kier molecular flexibility index (Phi) is 3.57. The molecule has 0 aromatic carbocycles. The van der Waals surface area contributed by atoms with E-state index >= 15 is 0 Å². The van der Waals surface area contributed by atoms with Crippen LogP contribution in [0, 0.1) is 0 Å². The maximum atomic E-state index is 6.16. The van der Waals surface area contributed by atoms with E-state index in [2.05, 4.69) is 10.2 Å². The number of rotatable bonds is 2. The van der Waals surface area contributed by atoms with Gasteiger partial charge in [-0.1, -0.05) is 0 Å². The number of hydrogen-bond donors (Lipinski definition) is 1. The molecule has 8 heteroatoms. The second kappa shape index (κ2) is 5.18. The minimum atomic E-state index is -0.705. The molecule has 3 fully saturated rings. The van der Waals surface area contributed by atoms with Crippen molar-refractivity contribution in [3.05, 3.63) is 11.8 Å². The zero-order valence-electron chi connectivity index (χ0n) is 13.9. The van der Waals surface area contributed by atoms with Crippen LogP contribution in [0.15, 0.2) is 11.1 Å². The Labute approximate surface area is 139 Å². The quantitative estimate of drug-likeness (QED) is 0.826. The van der Waals surface area contributed by atoms with Crippen molar-refractivity contribution >= 4 is 11.8 Å². The smallest absolute Gasteiger partial charge is 0.190 e. The Balaban J connectivity index is 1.67. The molecule has 1 aromatic heterocycles. The van der Waals surface area contributed by atoms with Crippen molar-refractivity contribution in [2.45, 2.75) is 75.0 Å². The Morgan fingerprint density at radius 2 is 1.65 bits per heavy atom. The predicted molar refractivity (Wildman–Crippen MR) is 81.8 cm³/mol. The Bertz CT molecular complexity index is 604. The average molecular weight is 342 g/mol. The minimum absolute atomic E-state index is 0.253. The summed E-state index contributed by atoms with van der Waals surface area (Å²) in [6, 6.07) is 1.97. The summed E-state index contributed by atoms with van der Waals surface area (Å²) in [5.74, 6) is -1.40. The molecule has 4 heterocycles. The van der Waals surface area contributed by atoms with Gasteiger partial charge in [-0.15, -0.1) is 11.8 Å². The van der Waals surface area contributed by atoms with Gasteiger partial charge in [-0.3, -0.25) is 5.10 Å². The highest BCUT2D eigenvalue weighted by Gasteiger charge is 2.61. The molecule has 0 unspecified atom stereocenters. The molecule has 23 heavy (non-hydrogen) atoms. The second-order valence-electron chi connectivity index (χ2n) is 6.96. The van der Waals surface area contributed by atoms with Gasteiger partial charge in [0, 0.05) is 0 Å². The summed E-state index contributed by atoms with van der Waals surface area (Å²) in [6.07, 6.45) is 0.310. The lowest BCUT2D eigenvalue weighted by molar-refractivity contribution is -0.237. The fourth-order valence-corrected chi connectivity index (χ4v) is 3.81. The maximum Gasteiger partial charge on any atom is 0.190 e. The van der Waals surface area contributed by atoms with Crippen molar-refractivity contribution in [2.24, 2.45) is 0 Å². The van der Waals surface area contributed by atoms with Crippen LogP contribution in [-0.4, -0.2) is 52.6 Å². The van der Waals surface area contributed by atoms with Crippen molar-refractivity contribution in [2.75, 3.05) is 6.26 Å². The molecule has 0 spiro atoms. The average Bonchev–Trinajstić information content (AvgIpc) is 3.10. The highest BCUT2D eigenvalue weighted by atomic mass is 32.2. The number of ether oxygens (including phenoxy) is 5. The number of hydrogen-bond acceptors (Lipinski definition) is 7. The van der Waals surface area contributed by atoms with E-state index in [1.54, 1.807) is 11.8 Å². The van der Waals surface area contributed by atoms with E-state index in [0.29, 0.717) is 0 Å². The number of aromatic nitrogens is 2. The molecule has 3 aliphatic rings. The predicted octanol–water partition coefficient (Wildman–Crippen LogP) is 2.20. The molecule has 0 radical (unpaired) electrons. The molecule has 0 saturated carbocycles. The summed E-state index contributed by atoms with van der Waals surface area (Å²) in [4.78, 5) is 0. The third-order valence-electron chi connectivity index (χ3n) is 4.24. The Morgan fingerprint density at radius 1 is 1.00 bits per heavy atom. The fourth-order valence-electron chi connectivity index (χ4n) is 3.43. The van der Waals surface area contributed by atoms with E-state index in [9.17, 15) is 0 Å². The van der Waals surface area contributed by atoms with Crippen LogP contribution in [0.4, 0.5) is 0 Å². The van der Waals surface area contributed by atoms with Crippen LogP contribution in [0.5, 0.6) is 0 Å². The molecule has 0 bridgehead atoms. The molecule has 7 nitrogen and oxygen atoms in total. The molecule has 3 saturated heterocycles. The molecule has 1 N–H and O–H groups in total. The SMILES string of the molecule is CSc1cc([C@H]2O[C@@H]3OC(C)(C)O[C@@H]3[C@H]3OC(C)(C)O[C@H]32)[nH]n1. The highest BCUT2D eigenvalue weighted by Crippen LogP contribution is 2.48. The van der Waals surface area contributed by atoms with Crippen LogP contribution in [0.25, 0.3) is 0 Å². The van der Waals surface area contributed by atoms with Crippen molar-refractivity contribution < 1.29 is 23.7 Å². The van der Waals surface area contributed by atoms with Crippen LogP contribution in [-0.2, 0) is 23.7 Å². The third kappa shape index (κ3) is 2.71. The molecule has 5 atom stereocenters. The first-order valence-corrected chi connectivity index (χ1v) is 8.96. The van der Waals surface area contributed by atoms with Gasteiger partial charge >= 0.3 is 0 Å². The number of nitrogens with zero attached hydrogens (tertiary/aromatic N) is 1. The van der Waals surface area contributed by atoms with Crippen LogP contribution in [0.3, 0.4) is 0 Å². The van der Waals surface area contributed by atoms with Crippen LogP contribution < -0.4 is 0 Å². The van der Waals surface area contributed by atoms with E-state index in [4.69, 9.17) is 23.7 Å². The normalized spacial score (nSPS) is 40.8. The Morgan fingerprint density at radius 3 is 2.35 bits per heavy atom. The largest absolute Gasteiger partial charge is 0.342 e. The molecule has 1 aromatic rings. The van der Waals surface area contributed by atoms with Crippen molar-refractivity contribution in [1.82, 2.24) is 10.2 Å². The maximum absolute atomic E-state index is 6.16. The molecule has 4 rings (SSSR count). The van der Waals surface area contributed by atoms with E-state index < -0.39 is 17.9 Å². The summed E-state index contributed by atoms with van der Waals surface area (Å²) in [7, 11) is 0. The standard InChI is InChI=1S/C15H22N2O5S/c1-14(2)19-10-9(7-6-8(23-5)17-16-7)18-13-12(11(10)20-14)21-15(3,4)22-13/h6,9-13H,1-5H3,(H,16,17)/t9-,10+,11+,12-,13-/m1/s1. The zero-order valence-corrected chi connectivity index (χ0v) is 14.7. The number of aromatic amines is 1. The minimum Gasteiger partial charge on any atom is -0.342 e. The van der Waals surface area contributed by atoms with Crippen molar-refractivity contribution in [3.8, 4) is 0 Å². The summed E-state index contributed by atoms with van der Waals surface area (Å²) in [5.41, 5.74) is 0.859. The van der Waals surface area contributed by atoms with E-state index in [1.807, 2.05) is 40.0 Å². The molecular formula is C15H22N2O5S. The monoisotopic (exact) mass is 342 g/mol. The summed E-state index contributed by atoms with van der Waals surface area (Å²) in [6.45, 7) is 7.56. The molecule has 3 aliphatic heterocycles. The van der Waals surface area contributed by atoms with Gasteiger partial charge in [0.1, 0.15) is 29.4 Å². The van der Waals surface area contributed by atoms with E-state index in [0.717, 1.165) is 10.7 Å². The topological polar surface area (TPSA) is 74.8 Å². The lowest BCUT2D eigenvalue weighted by atomic mass is 9.97. The van der Waals surface area contributed by atoms with Gasteiger partial charge in [0.15, 0.2) is 17.9 Å². The highest BCUT2D eigenvalue weighted by molar-refractivity contribution is 7.98. The van der Waals surface area contributed by atoms with E-state index in [1.165, 1.54) is 0 Å². The third-order valence-corrected chi connectivity index (χ3v) is 4.87. The van der Waals surface area contributed by atoms with Gasteiger partial charge in [-0.05, 0) is 40.0 Å². The summed E-state index contributed by atoms with van der Waals surface area (Å²) >= 11 is 1.57. The zero-order chi connectivity index (χ0) is 16.4. The van der Waals surface area contributed by atoms with Crippen molar-refractivity contribution in [1.29, 1.82) is 0 Å². The molecular weight excluding hydrogens is 320 g/mol.